The molecule has 1 atom stereocenters. The Morgan fingerprint density at radius 1 is 1.22 bits per heavy atom. The molecule has 2 heterocycles. The summed E-state index contributed by atoms with van der Waals surface area (Å²) in [4.78, 5) is 20.0. The molecule has 1 aromatic carbocycles. The molecule has 1 saturated heterocycles. The van der Waals surface area contributed by atoms with Gasteiger partial charge in [-0.2, -0.15) is 13.2 Å². The summed E-state index contributed by atoms with van der Waals surface area (Å²) in [5.41, 5.74) is -0.616. The van der Waals surface area contributed by atoms with Gasteiger partial charge in [0.05, 0.1) is 21.5 Å². The van der Waals surface area contributed by atoms with Gasteiger partial charge in [0.25, 0.3) is 0 Å². The first-order chi connectivity index (χ1) is 14.9. The molecule has 0 saturated carbocycles. The smallest absolute Gasteiger partial charge is 0.353 e. The lowest BCUT2D eigenvalue weighted by Crippen LogP contribution is -2.53. The Balaban J connectivity index is 1.61. The molecule has 3 rings (SSSR count). The quantitative estimate of drug-likeness (QED) is 0.665. The number of hydrogen-bond donors (Lipinski definition) is 2. The number of piperazine rings is 1. The van der Waals surface area contributed by atoms with E-state index in [0.29, 0.717) is 31.9 Å². The molecule has 3 N–H and O–H groups in total. The van der Waals surface area contributed by atoms with Crippen LogP contribution in [0.5, 0.6) is 0 Å². The fourth-order valence-corrected chi connectivity index (χ4v) is 4.15. The normalized spacial score (nSPS) is 16.6. The minimum absolute atomic E-state index is 0.0891. The molecule has 0 bridgehead atoms. The lowest BCUT2D eigenvalue weighted by Gasteiger charge is -2.38. The maximum Gasteiger partial charge on any atom is 0.417 e. The van der Waals surface area contributed by atoms with Gasteiger partial charge in [-0.1, -0.05) is 17.7 Å². The predicted molar refractivity (Wildman–Crippen MR) is 114 cm³/mol. The number of carbonyl (C=O) groups excluding carboxylic acids is 1. The van der Waals surface area contributed by atoms with Crippen LogP contribution in [0.25, 0.3) is 0 Å². The van der Waals surface area contributed by atoms with Gasteiger partial charge in [-0.05, 0) is 31.2 Å². The zero-order valence-electron chi connectivity index (χ0n) is 16.9. The van der Waals surface area contributed by atoms with Gasteiger partial charge in [0, 0.05) is 38.1 Å². The molecule has 1 amide bonds. The van der Waals surface area contributed by atoms with Crippen LogP contribution in [0.15, 0.2) is 41.4 Å². The van der Waals surface area contributed by atoms with E-state index in [1.54, 1.807) is 17.9 Å². The van der Waals surface area contributed by atoms with E-state index in [-0.39, 0.29) is 21.6 Å². The molecule has 1 aliphatic heterocycles. The van der Waals surface area contributed by atoms with Crippen LogP contribution >= 0.6 is 11.6 Å². The highest BCUT2D eigenvalue weighted by atomic mass is 35.5. The van der Waals surface area contributed by atoms with Crippen LogP contribution in [-0.4, -0.2) is 56.4 Å². The molecule has 1 aliphatic rings. The van der Waals surface area contributed by atoms with E-state index in [4.69, 9.17) is 16.7 Å². The van der Waals surface area contributed by atoms with Crippen LogP contribution in [0, 0.1) is 0 Å². The number of benzene rings is 1. The van der Waals surface area contributed by atoms with Crippen molar-refractivity contribution in [3.8, 4) is 0 Å². The number of hydrogen-bond acceptors (Lipinski definition) is 6. The number of nitrogens with one attached hydrogen (secondary N) is 1. The third-order valence-corrected chi connectivity index (χ3v) is 6.31. The largest absolute Gasteiger partial charge is 0.417 e. The lowest BCUT2D eigenvalue weighted by molar-refractivity contribution is -0.137. The van der Waals surface area contributed by atoms with Gasteiger partial charge in [-0.3, -0.25) is 9.69 Å². The fraction of sp³-hybridized carbons (Fsp3) is 0.368. The van der Waals surface area contributed by atoms with Crippen LogP contribution in [0.1, 0.15) is 12.5 Å². The molecule has 0 radical (unpaired) electrons. The van der Waals surface area contributed by atoms with E-state index in [1.165, 1.54) is 18.2 Å². The van der Waals surface area contributed by atoms with Crippen molar-refractivity contribution in [2.45, 2.75) is 24.0 Å². The number of anilines is 2. The van der Waals surface area contributed by atoms with Crippen LogP contribution in [0.2, 0.25) is 5.02 Å². The standard InChI is InChI=1S/C19H21ClF3N5O3S/c1-12(18(29)26-14-3-2-4-15(10-14)32(24,30)31)27-5-7-28(8-6-27)17-16(20)9-13(11-25-17)19(21,22)23/h2-4,9-12H,5-8H2,1H3,(H,26,29)(H2,24,30,31)/t12-/m1/s1. The first-order valence-electron chi connectivity index (χ1n) is 9.52. The molecule has 0 spiro atoms. The number of pyridine rings is 1. The third-order valence-electron chi connectivity index (χ3n) is 5.12. The third kappa shape index (κ3) is 5.68. The van der Waals surface area contributed by atoms with E-state index in [0.717, 1.165) is 12.3 Å². The first kappa shape index (κ1) is 24.2. The molecular weight excluding hydrogens is 471 g/mol. The molecule has 8 nitrogen and oxygen atoms in total. The molecule has 174 valence electrons. The molecular formula is C19H21ClF3N5O3S. The van der Waals surface area contributed by atoms with Crippen LogP contribution < -0.4 is 15.4 Å². The van der Waals surface area contributed by atoms with Gasteiger partial charge < -0.3 is 10.2 Å². The summed E-state index contributed by atoms with van der Waals surface area (Å²) in [6.07, 6.45) is -3.77. The summed E-state index contributed by atoms with van der Waals surface area (Å²) >= 11 is 6.02. The van der Waals surface area contributed by atoms with Crippen molar-refractivity contribution in [1.29, 1.82) is 0 Å². The Morgan fingerprint density at radius 2 is 1.88 bits per heavy atom. The van der Waals surface area contributed by atoms with Crippen LogP contribution in [0.3, 0.4) is 0 Å². The number of nitrogens with two attached hydrogens (primary N) is 1. The topological polar surface area (TPSA) is 109 Å². The van der Waals surface area contributed by atoms with Gasteiger partial charge in [-0.15, -0.1) is 0 Å². The van der Waals surface area contributed by atoms with Crippen LogP contribution in [0.4, 0.5) is 24.7 Å². The zero-order chi connectivity index (χ0) is 23.7. The minimum Gasteiger partial charge on any atom is -0.353 e. The van der Waals surface area contributed by atoms with Gasteiger partial charge in [0.15, 0.2) is 0 Å². The number of aromatic nitrogens is 1. The van der Waals surface area contributed by atoms with E-state index >= 15 is 0 Å². The molecule has 2 aromatic rings. The highest BCUT2D eigenvalue weighted by molar-refractivity contribution is 7.89. The molecule has 1 fully saturated rings. The highest BCUT2D eigenvalue weighted by Crippen LogP contribution is 2.33. The summed E-state index contributed by atoms with van der Waals surface area (Å²) in [6, 6.07) is 5.94. The fourth-order valence-electron chi connectivity index (χ4n) is 3.30. The van der Waals surface area contributed by atoms with Crippen molar-refractivity contribution >= 4 is 39.0 Å². The number of rotatable bonds is 5. The Morgan fingerprint density at radius 3 is 2.44 bits per heavy atom. The molecule has 0 unspecified atom stereocenters. The maximum atomic E-state index is 12.8. The minimum atomic E-state index is -4.52. The van der Waals surface area contributed by atoms with Gasteiger partial charge in [0.1, 0.15) is 5.82 Å². The van der Waals surface area contributed by atoms with E-state index in [1.807, 2.05) is 4.90 Å². The highest BCUT2D eigenvalue weighted by Gasteiger charge is 2.33. The molecule has 1 aromatic heterocycles. The van der Waals surface area contributed by atoms with Crippen molar-refractivity contribution in [2.24, 2.45) is 5.14 Å². The predicted octanol–water partition coefficient (Wildman–Crippen LogP) is 2.55. The molecule has 13 heteroatoms. The lowest BCUT2D eigenvalue weighted by atomic mass is 10.2. The second-order valence-corrected chi connectivity index (χ2v) is 9.26. The summed E-state index contributed by atoms with van der Waals surface area (Å²) in [7, 11) is -3.90. The van der Waals surface area contributed by atoms with Crippen molar-refractivity contribution in [3.63, 3.8) is 0 Å². The molecule has 0 aliphatic carbocycles. The number of halogens is 4. The number of primary sulfonamides is 1. The van der Waals surface area contributed by atoms with Gasteiger partial charge >= 0.3 is 6.18 Å². The van der Waals surface area contributed by atoms with Crippen LogP contribution in [-0.2, 0) is 21.0 Å². The Labute approximate surface area is 188 Å². The van der Waals surface area contributed by atoms with Crippen molar-refractivity contribution < 1.29 is 26.4 Å². The van der Waals surface area contributed by atoms with E-state index < -0.39 is 27.8 Å². The SMILES string of the molecule is C[C@H](C(=O)Nc1cccc(S(N)(=O)=O)c1)N1CCN(c2ncc(C(F)(F)F)cc2Cl)CC1. The Kier molecular flexibility index (Phi) is 6.98. The number of amides is 1. The second kappa shape index (κ2) is 9.22. The average Bonchev–Trinajstić information content (AvgIpc) is 2.72. The maximum absolute atomic E-state index is 12.8. The van der Waals surface area contributed by atoms with E-state index in [2.05, 4.69) is 10.3 Å². The Hall–Kier alpha value is -2.41. The first-order valence-corrected chi connectivity index (χ1v) is 11.4. The van der Waals surface area contributed by atoms with Crippen molar-refractivity contribution in [3.05, 3.63) is 47.1 Å². The van der Waals surface area contributed by atoms with Crippen molar-refractivity contribution in [1.82, 2.24) is 9.88 Å². The second-order valence-electron chi connectivity index (χ2n) is 7.29. The molecule has 32 heavy (non-hydrogen) atoms. The summed E-state index contributed by atoms with van der Waals surface area (Å²) in [6.45, 7) is 3.43. The number of carbonyl (C=O) groups is 1. The van der Waals surface area contributed by atoms with E-state index in [9.17, 15) is 26.4 Å². The average molecular weight is 492 g/mol. The summed E-state index contributed by atoms with van der Waals surface area (Å²) in [5, 5.41) is 7.69. The van der Waals surface area contributed by atoms with Gasteiger partial charge in [-0.25, -0.2) is 18.5 Å². The van der Waals surface area contributed by atoms with Gasteiger partial charge in [0.2, 0.25) is 15.9 Å². The summed E-state index contributed by atoms with van der Waals surface area (Å²) < 4.78 is 61.4. The number of sulfonamides is 1. The van der Waals surface area contributed by atoms with Crippen molar-refractivity contribution in [2.75, 3.05) is 36.4 Å². The number of nitrogens with zero attached hydrogens (tertiary/aromatic N) is 3. The Bertz CT molecular complexity index is 1110. The summed E-state index contributed by atoms with van der Waals surface area (Å²) in [5.74, 6) is -0.0769. The zero-order valence-corrected chi connectivity index (χ0v) is 18.5. The monoisotopic (exact) mass is 491 g/mol. The number of alkyl halides is 3.